The molecule has 0 fully saturated rings. The summed E-state index contributed by atoms with van der Waals surface area (Å²) in [6, 6.07) is 0. The second-order valence-corrected chi connectivity index (χ2v) is 3.19. The summed E-state index contributed by atoms with van der Waals surface area (Å²) in [5, 5.41) is 9.56. The molecule has 11 heavy (non-hydrogen) atoms. The lowest BCUT2D eigenvalue weighted by molar-refractivity contribution is 0.0958. The zero-order valence-electron chi connectivity index (χ0n) is 6.87. The van der Waals surface area contributed by atoms with Gasteiger partial charge in [-0.3, -0.25) is 0 Å². The van der Waals surface area contributed by atoms with E-state index < -0.39 is 0 Å². The Balaban J connectivity index is 2.28. The van der Waals surface area contributed by atoms with Gasteiger partial charge in [-0.2, -0.15) is 0 Å². The number of nitrogens with two attached hydrogens (primary N) is 1. The summed E-state index contributed by atoms with van der Waals surface area (Å²) in [4.78, 5) is 0. The monoisotopic (exact) mass is 155 g/mol. The lowest BCUT2D eigenvalue weighted by Crippen LogP contribution is -2.24. The highest BCUT2D eigenvalue weighted by Crippen LogP contribution is 2.22. The summed E-state index contributed by atoms with van der Waals surface area (Å²) >= 11 is 0. The van der Waals surface area contributed by atoms with Crippen LogP contribution in [0.4, 0.5) is 0 Å². The average molecular weight is 155 g/mol. The normalized spacial score (nSPS) is 26.9. The minimum atomic E-state index is -0.176. The molecule has 0 amide bonds. The van der Waals surface area contributed by atoms with Gasteiger partial charge >= 0.3 is 0 Å². The van der Waals surface area contributed by atoms with E-state index >= 15 is 0 Å². The highest BCUT2D eigenvalue weighted by Gasteiger charge is 2.17. The third-order valence-electron chi connectivity index (χ3n) is 2.32. The minimum absolute atomic E-state index is 0.176. The largest absolute Gasteiger partial charge is 0.393 e. The summed E-state index contributed by atoms with van der Waals surface area (Å²) < 4.78 is 0. The molecule has 2 atom stereocenters. The van der Waals surface area contributed by atoms with E-state index in [-0.39, 0.29) is 6.10 Å². The van der Waals surface area contributed by atoms with Crippen molar-refractivity contribution in [2.75, 3.05) is 6.54 Å². The van der Waals surface area contributed by atoms with E-state index in [9.17, 15) is 5.11 Å². The topological polar surface area (TPSA) is 46.2 Å². The van der Waals surface area contributed by atoms with Gasteiger partial charge in [0, 0.05) is 0 Å². The molecule has 0 radical (unpaired) electrons. The third kappa shape index (κ3) is 2.64. The summed E-state index contributed by atoms with van der Waals surface area (Å²) in [5.74, 6) is 0.462. The number of aliphatic hydroxyl groups is 1. The summed E-state index contributed by atoms with van der Waals surface area (Å²) in [7, 11) is 0. The van der Waals surface area contributed by atoms with Crippen LogP contribution < -0.4 is 5.73 Å². The third-order valence-corrected chi connectivity index (χ3v) is 2.32. The number of aliphatic hydroxyl groups excluding tert-OH is 1. The van der Waals surface area contributed by atoms with Crippen molar-refractivity contribution in [1.82, 2.24) is 0 Å². The Morgan fingerprint density at radius 3 is 2.91 bits per heavy atom. The molecule has 2 heteroatoms. The van der Waals surface area contributed by atoms with E-state index in [4.69, 9.17) is 5.73 Å². The molecular weight excluding hydrogens is 138 g/mol. The molecule has 0 aromatic carbocycles. The van der Waals surface area contributed by atoms with E-state index in [0.717, 1.165) is 25.7 Å². The number of rotatable bonds is 3. The van der Waals surface area contributed by atoms with E-state index in [0.29, 0.717) is 12.5 Å². The van der Waals surface area contributed by atoms with Gasteiger partial charge in [0.15, 0.2) is 0 Å². The van der Waals surface area contributed by atoms with Gasteiger partial charge in [-0.15, -0.1) is 0 Å². The van der Waals surface area contributed by atoms with Crippen molar-refractivity contribution >= 4 is 0 Å². The smallest absolute Gasteiger partial charge is 0.0583 e. The minimum Gasteiger partial charge on any atom is -0.393 e. The van der Waals surface area contributed by atoms with Gasteiger partial charge in [0.2, 0.25) is 0 Å². The highest BCUT2D eigenvalue weighted by molar-refractivity contribution is 4.92. The van der Waals surface area contributed by atoms with E-state index in [2.05, 4.69) is 12.2 Å². The standard InChI is InChI=1S/C9H17NO/c10-7-6-9(11)8-4-2-1-3-5-8/h1-2,8-9,11H,3-7,10H2/t8?,9-/m1/s1. The Morgan fingerprint density at radius 1 is 1.55 bits per heavy atom. The van der Waals surface area contributed by atoms with Crippen molar-refractivity contribution in [3.8, 4) is 0 Å². The quantitative estimate of drug-likeness (QED) is 0.598. The molecule has 0 aromatic heterocycles. The Hall–Kier alpha value is -0.340. The first-order chi connectivity index (χ1) is 5.34. The molecule has 2 nitrogen and oxygen atoms in total. The molecule has 0 aliphatic heterocycles. The molecule has 0 bridgehead atoms. The molecule has 0 aromatic rings. The number of hydrogen-bond acceptors (Lipinski definition) is 2. The SMILES string of the molecule is NCC[C@@H](O)C1CC=CCC1. The molecule has 0 saturated heterocycles. The van der Waals surface area contributed by atoms with E-state index in [1.807, 2.05) is 0 Å². The lowest BCUT2D eigenvalue weighted by atomic mass is 9.88. The molecule has 1 aliphatic rings. The van der Waals surface area contributed by atoms with Crippen LogP contribution in [0.15, 0.2) is 12.2 Å². The van der Waals surface area contributed by atoms with Crippen LogP contribution in [-0.4, -0.2) is 17.8 Å². The van der Waals surface area contributed by atoms with Crippen LogP contribution in [-0.2, 0) is 0 Å². The van der Waals surface area contributed by atoms with Gasteiger partial charge in [-0.05, 0) is 38.1 Å². The molecule has 1 rings (SSSR count). The maximum Gasteiger partial charge on any atom is 0.0583 e. The van der Waals surface area contributed by atoms with Crippen LogP contribution in [0.2, 0.25) is 0 Å². The molecule has 64 valence electrons. The van der Waals surface area contributed by atoms with Crippen molar-refractivity contribution in [2.24, 2.45) is 11.7 Å². The predicted molar refractivity (Wildman–Crippen MR) is 46.2 cm³/mol. The van der Waals surface area contributed by atoms with Crippen LogP contribution in [0, 0.1) is 5.92 Å². The fraction of sp³-hybridized carbons (Fsp3) is 0.778. The summed E-state index contributed by atoms with van der Waals surface area (Å²) in [6.45, 7) is 0.599. The van der Waals surface area contributed by atoms with Crippen molar-refractivity contribution in [1.29, 1.82) is 0 Å². The van der Waals surface area contributed by atoms with Crippen LogP contribution >= 0.6 is 0 Å². The second-order valence-electron chi connectivity index (χ2n) is 3.19. The van der Waals surface area contributed by atoms with Gasteiger partial charge in [-0.1, -0.05) is 12.2 Å². The van der Waals surface area contributed by atoms with Crippen molar-refractivity contribution in [3.05, 3.63) is 12.2 Å². The van der Waals surface area contributed by atoms with Gasteiger partial charge in [-0.25, -0.2) is 0 Å². The Bertz CT molecular complexity index is 134. The molecule has 1 aliphatic carbocycles. The Labute approximate surface area is 68.1 Å². The molecule has 0 saturated carbocycles. The van der Waals surface area contributed by atoms with Crippen molar-refractivity contribution in [2.45, 2.75) is 31.8 Å². The lowest BCUT2D eigenvalue weighted by Gasteiger charge is -2.22. The van der Waals surface area contributed by atoms with Crippen LogP contribution in [0.5, 0.6) is 0 Å². The van der Waals surface area contributed by atoms with Crippen LogP contribution in [0.1, 0.15) is 25.7 Å². The average Bonchev–Trinajstić information content (AvgIpc) is 2.07. The fourth-order valence-electron chi connectivity index (χ4n) is 1.57. The predicted octanol–water partition coefficient (Wildman–Crippen LogP) is 1.05. The molecule has 3 N–H and O–H groups in total. The molecule has 1 unspecified atom stereocenters. The van der Waals surface area contributed by atoms with Crippen LogP contribution in [0.25, 0.3) is 0 Å². The highest BCUT2D eigenvalue weighted by atomic mass is 16.3. The first kappa shape index (κ1) is 8.75. The molecule has 0 heterocycles. The molecule has 0 spiro atoms. The van der Waals surface area contributed by atoms with Crippen molar-refractivity contribution < 1.29 is 5.11 Å². The Kier molecular flexibility index (Phi) is 3.60. The van der Waals surface area contributed by atoms with E-state index in [1.54, 1.807) is 0 Å². The number of allylic oxidation sites excluding steroid dienone is 2. The summed E-state index contributed by atoms with van der Waals surface area (Å²) in [6.07, 6.45) is 8.19. The molecular formula is C9H17NO. The van der Waals surface area contributed by atoms with Gasteiger partial charge in [0.25, 0.3) is 0 Å². The fourth-order valence-corrected chi connectivity index (χ4v) is 1.57. The Morgan fingerprint density at radius 2 is 2.36 bits per heavy atom. The van der Waals surface area contributed by atoms with Crippen LogP contribution in [0.3, 0.4) is 0 Å². The maximum absolute atomic E-state index is 9.56. The summed E-state index contributed by atoms with van der Waals surface area (Å²) in [5.41, 5.74) is 5.36. The number of hydrogen-bond donors (Lipinski definition) is 2. The van der Waals surface area contributed by atoms with Gasteiger partial charge < -0.3 is 10.8 Å². The first-order valence-electron chi connectivity index (χ1n) is 4.37. The van der Waals surface area contributed by atoms with Crippen molar-refractivity contribution in [3.63, 3.8) is 0 Å². The van der Waals surface area contributed by atoms with Gasteiger partial charge in [0.1, 0.15) is 0 Å². The zero-order valence-corrected chi connectivity index (χ0v) is 6.87. The first-order valence-corrected chi connectivity index (χ1v) is 4.37. The second kappa shape index (κ2) is 4.52. The van der Waals surface area contributed by atoms with E-state index in [1.165, 1.54) is 0 Å². The van der Waals surface area contributed by atoms with Gasteiger partial charge in [0.05, 0.1) is 6.10 Å². The maximum atomic E-state index is 9.56. The zero-order chi connectivity index (χ0) is 8.10.